The molecule has 0 spiro atoms. The van der Waals surface area contributed by atoms with Crippen LogP contribution in [0.1, 0.15) is 11.1 Å². The molecule has 3 rings (SSSR count). The lowest BCUT2D eigenvalue weighted by Gasteiger charge is -1.95. The van der Waals surface area contributed by atoms with Crippen LogP contribution in [0.2, 0.25) is 0 Å². The van der Waals surface area contributed by atoms with Gasteiger partial charge in [0.1, 0.15) is 0 Å². The SMILES string of the molecule is C1=CC(c2ccoc2)=CC1=CCc1ccccc1. The van der Waals surface area contributed by atoms with E-state index in [0.29, 0.717) is 0 Å². The van der Waals surface area contributed by atoms with E-state index in [1.54, 1.807) is 12.5 Å². The van der Waals surface area contributed by atoms with E-state index in [4.69, 9.17) is 4.42 Å². The van der Waals surface area contributed by atoms with Crippen LogP contribution in [-0.4, -0.2) is 0 Å². The van der Waals surface area contributed by atoms with Crippen molar-refractivity contribution in [1.29, 1.82) is 0 Å². The van der Waals surface area contributed by atoms with Crippen molar-refractivity contribution in [2.45, 2.75) is 6.42 Å². The van der Waals surface area contributed by atoms with Crippen LogP contribution >= 0.6 is 0 Å². The van der Waals surface area contributed by atoms with Crippen LogP contribution in [-0.2, 0) is 6.42 Å². The molecule has 0 radical (unpaired) electrons. The molecule has 0 bridgehead atoms. The minimum atomic E-state index is 0.968. The van der Waals surface area contributed by atoms with Crippen molar-refractivity contribution in [2.24, 2.45) is 0 Å². The summed E-state index contributed by atoms with van der Waals surface area (Å²) < 4.78 is 5.10. The number of hydrogen-bond donors (Lipinski definition) is 0. The first-order valence-electron chi connectivity index (χ1n) is 6.08. The summed E-state index contributed by atoms with van der Waals surface area (Å²) in [4.78, 5) is 0. The van der Waals surface area contributed by atoms with Gasteiger partial charge in [-0.15, -0.1) is 0 Å². The second-order valence-corrected chi connectivity index (χ2v) is 4.34. The molecule has 2 aromatic rings. The highest BCUT2D eigenvalue weighted by Gasteiger charge is 2.05. The Hall–Kier alpha value is -2.28. The lowest BCUT2D eigenvalue weighted by atomic mass is 10.1. The maximum absolute atomic E-state index is 5.10. The molecule has 88 valence electrons. The summed E-state index contributed by atoms with van der Waals surface area (Å²) >= 11 is 0. The molecule has 18 heavy (non-hydrogen) atoms. The third-order valence-electron chi connectivity index (χ3n) is 3.05. The number of allylic oxidation sites excluding steroid dienone is 6. The van der Waals surface area contributed by atoms with E-state index in [9.17, 15) is 0 Å². The summed E-state index contributed by atoms with van der Waals surface area (Å²) in [5.74, 6) is 0. The Balaban J connectivity index is 1.74. The van der Waals surface area contributed by atoms with Crippen LogP contribution in [0, 0.1) is 0 Å². The summed E-state index contributed by atoms with van der Waals surface area (Å²) in [6, 6.07) is 12.5. The molecule has 0 amide bonds. The van der Waals surface area contributed by atoms with E-state index in [2.05, 4.69) is 48.6 Å². The fraction of sp³-hybridized carbons (Fsp3) is 0.0588. The molecule has 0 atom stereocenters. The second-order valence-electron chi connectivity index (χ2n) is 4.34. The first kappa shape index (κ1) is 10.8. The predicted octanol–water partition coefficient (Wildman–Crippen LogP) is 4.40. The van der Waals surface area contributed by atoms with Gasteiger partial charge in [0.05, 0.1) is 12.5 Å². The second kappa shape index (κ2) is 4.92. The Bertz CT molecular complexity index is 598. The Kier molecular flexibility index (Phi) is 2.97. The largest absolute Gasteiger partial charge is 0.472 e. The highest BCUT2D eigenvalue weighted by Crippen LogP contribution is 2.25. The van der Waals surface area contributed by atoms with Gasteiger partial charge in [-0.3, -0.25) is 0 Å². The maximum atomic E-state index is 5.10. The average Bonchev–Trinajstić information content (AvgIpc) is 3.08. The van der Waals surface area contributed by atoms with Crippen molar-refractivity contribution >= 4 is 5.57 Å². The van der Waals surface area contributed by atoms with Crippen LogP contribution in [0.5, 0.6) is 0 Å². The molecule has 1 aliphatic rings. The average molecular weight is 234 g/mol. The lowest BCUT2D eigenvalue weighted by molar-refractivity contribution is 0.566. The van der Waals surface area contributed by atoms with Gasteiger partial charge >= 0.3 is 0 Å². The molecule has 1 heterocycles. The number of hydrogen-bond acceptors (Lipinski definition) is 1. The van der Waals surface area contributed by atoms with Gasteiger partial charge in [0, 0.05) is 5.56 Å². The first-order chi connectivity index (χ1) is 8.92. The summed E-state index contributed by atoms with van der Waals surface area (Å²) in [6.07, 6.45) is 13.2. The van der Waals surface area contributed by atoms with Crippen molar-refractivity contribution in [1.82, 2.24) is 0 Å². The van der Waals surface area contributed by atoms with E-state index in [0.717, 1.165) is 12.0 Å². The van der Waals surface area contributed by atoms with Crippen LogP contribution in [0.15, 0.2) is 83.2 Å². The molecule has 0 aliphatic heterocycles. The molecule has 1 aromatic heterocycles. The van der Waals surface area contributed by atoms with Crippen molar-refractivity contribution < 1.29 is 4.42 Å². The summed E-state index contributed by atoms with van der Waals surface area (Å²) in [5.41, 5.74) is 4.94. The normalized spacial score (nSPS) is 16.2. The fourth-order valence-electron chi connectivity index (χ4n) is 2.05. The van der Waals surface area contributed by atoms with Crippen LogP contribution in [0.4, 0.5) is 0 Å². The van der Waals surface area contributed by atoms with Crippen molar-refractivity contribution in [3.05, 3.63) is 89.9 Å². The van der Waals surface area contributed by atoms with E-state index in [1.165, 1.54) is 16.7 Å². The third-order valence-corrected chi connectivity index (χ3v) is 3.05. The number of rotatable bonds is 3. The molecule has 1 aromatic carbocycles. The lowest BCUT2D eigenvalue weighted by Crippen LogP contribution is -1.80. The monoisotopic (exact) mass is 234 g/mol. The molecule has 0 saturated heterocycles. The highest BCUT2D eigenvalue weighted by atomic mass is 16.3. The summed E-state index contributed by atoms with van der Waals surface area (Å²) in [7, 11) is 0. The minimum absolute atomic E-state index is 0.968. The highest BCUT2D eigenvalue weighted by molar-refractivity contribution is 5.80. The van der Waals surface area contributed by atoms with E-state index < -0.39 is 0 Å². The molecule has 0 unspecified atom stereocenters. The van der Waals surface area contributed by atoms with Gasteiger partial charge in [0.25, 0.3) is 0 Å². The molecule has 1 heteroatoms. The zero-order valence-electron chi connectivity index (χ0n) is 10.0. The Morgan fingerprint density at radius 2 is 1.89 bits per heavy atom. The molecular weight excluding hydrogens is 220 g/mol. The van der Waals surface area contributed by atoms with Gasteiger partial charge < -0.3 is 4.42 Å². The topological polar surface area (TPSA) is 13.1 Å². The molecule has 0 fully saturated rings. The van der Waals surface area contributed by atoms with Gasteiger partial charge in [-0.25, -0.2) is 0 Å². The van der Waals surface area contributed by atoms with Crippen LogP contribution in [0.3, 0.4) is 0 Å². The van der Waals surface area contributed by atoms with Crippen molar-refractivity contribution in [3.63, 3.8) is 0 Å². The van der Waals surface area contributed by atoms with E-state index >= 15 is 0 Å². The standard InChI is InChI=1S/C17H14O/c1-2-4-14(5-3-1)6-7-15-8-9-16(12-15)17-10-11-18-13-17/h1-5,7-13H,6H2. The van der Waals surface area contributed by atoms with Crippen LogP contribution < -0.4 is 0 Å². The predicted molar refractivity (Wildman–Crippen MR) is 74.1 cm³/mol. The Labute approximate surface area is 107 Å². The van der Waals surface area contributed by atoms with Gasteiger partial charge in [0.2, 0.25) is 0 Å². The molecule has 1 nitrogen and oxygen atoms in total. The van der Waals surface area contributed by atoms with Crippen LogP contribution in [0.25, 0.3) is 5.57 Å². The quantitative estimate of drug-likeness (QED) is 0.767. The Morgan fingerprint density at radius 1 is 1.00 bits per heavy atom. The minimum Gasteiger partial charge on any atom is -0.472 e. The maximum Gasteiger partial charge on any atom is 0.0980 e. The molecule has 0 saturated carbocycles. The molecule has 1 aliphatic carbocycles. The first-order valence-corrected chi connectivity index (χ1v) is 6.08. The van der Waals surface area contributed by atoms with Gasteiger partial charge in [-0.1, -0.05) is 48.6 Å². The zero-order valence-corrected chi connectivity index (χ0v) is 10.0. The van der Waals surface area contributed by atoms with Gasteiger partial charge in [-0.2, -0.15) is 0 Å². The Morgan fingerprint density at radius 3 is 2.67 bits per heavy atom. The number of benzene rings is 1. The third kappa shape index (κ3) is 2.35. The van der Waals surface area contributed by atoms with E-state index in [-0.39, 0.29) is 0 Å². The smallest absolute Gasteiger partial charge is 0.0980 e. The molecule has 0 N–H and O–H groups in total. The van der Waals surface area contributed by atoms with Crippen molar-refractivity contribution in [3.8, 4) is 0 Å². The summed E-state index contributed by atoms with van der Waals surface area (Å²) in [6.45, 7) is 0. The van der Waals surface area contributed by atoms with Gasteiger partial charge in [-0.05, 0) is 35.3 Å². The fourth-order valence-corrected chi connectivity index (χ4v) is 2.05. The zero-order chi connectivity index (χ0) is 12.2. The van der Waals surface area contributed by atoms with E-state index in [1.807, 2.05) is 12.1 Å². The van der Waals surface area contributed by atoms with Gasteiger partial charge in [0.15, 0.2) is 0 Å². The van der Waals surface area contributed by atoms with Crippen molar-refractivity contribution in [2.75, 3.05) is 0 Å². The number of furan rings is 1. The summed E-state index contributed by atoms with van der Waals surface area (Å²) in [5, 5.41) is 0. The molecular formula is C17H14O.